The van der Waals surface area contributed by atoms with E-state index in [1.54, 1.807) is 6.07 Å². The van der Waals surface area contributed by atoms with Crippen molar-refractivity contribution in [1.82, 2.24) is 10.2 Å². The number of amides is 1. The fourth-order valence-electron chi connectivity index (χ4n) is 2.01. The molecule has 106 valence electrons. The molecule has 0 unspecified atom stereocenters. The van der Waals surface area contributed by atoms with Crippen LogP contribution in [0.15, 0.2) is 18.2 Å². The Kier molecular flexibility index (Phi) is 4.89. The second-order valence-electron chi connectivity index (χ2n) is 5.42. The average molecular weight is 268 g/mol. The van der Waals surface area contributed by atoms with Crippen molar-refractivity contribution in [2.75, 3.05) is 27.7 Å². The third-order valence-corrected chi connectivity index (χ3v) is 2.58. The van der Waals surface area contributed by atoms with Crippen LogP contribution in [0.2, 0.25) is 0 Å². The number of likely N-dealkylation sites (N-methyl/N-ethyl adjacent to an activating group) is 1. The molecule has 1 aromatic rings. The number of nitrogens with one attached hydrogen (secondary N) is 1. The Hall–Kier alpha value is -1.62. The van der Waals surface area contributed by atoms with Gasteiger partial charge >= 0.3 is 0 Å². The monoisotopic (exact) mass is 268 g/mol. The van der Waals surface area contributed by atoms with Gasteiger partial charge in [0, 0.05) is 18.2 Å². The normalized spacial score (nSPS) is 11.5. The predicted molar refractivity (Wildman–Crippen MR) is 73.1 cm³/mol. The van der Waals surface area contributed by atoms with Crippen molar-refractivity contribution in [2.24, 2.45) is 0 Å². The maximum atomic E-state index is 13.8. The van der Waals surface area contributed by atoms with E-state index < -0.39 is 17.3 Å². The fourth-order valence-corrected chi connectivity index (χ4v) is 2.01. The van der Waals surface area contributed by atoms with Gasteiger partial charge in [0.2, 0.25) is 0 Å². The molecule has 0 saturated heterocycles. The zero-order valence-electron chi connectivity index (χ0n) is 12.1. The first-order valence-electron chi connectivity index (χ1n) is 6.06. The summed E-state index contributed by atoms with van der Waals surface area (Å²) in [6.45, 7) is 4.45. The van der Waals surface area contributed by atoms with Gasteiger partial charge in [0.05, 0.1) is 12.7 Å². The molecular weight excluding hydrogens is 247 g/mol. The Morgan fingerprint density at radius 3 is 2.53 bits per heavy atom. The van der Waals surface area contributed by atoms with Crippen LogP contribution in [-0.2, 0) is 0 Å². The molecule has 0 radical (unpaired) electrons. The quantitative estimate of drug-likeness (QED) is 0.887. The van der Waals surface area contributed by atoms with Crippen LogP contribution in [0, 0.1) is 5.82 Å². The fraction of sp³-hybridized carbons (Fsp3) is 0.500. The number of benzene rings is 1. The molecule has 1 amide bonds. The molecular formula is C14H21FN2O2. The summed E-state index contributed by atoms with van der Waals surface area (Å²) in [5.41, 5.74) is -0.417. The molecule has 1 aromatic carbocycles. The lowest BCUT2D eigenvalue weighted by Gasteiger charge is -2.29. The van der Waals surface area contributed by atoms with E-state index in [0.29, 0.717) is 12.3 Å². The molecule has 0 aliphatic heterocycles. The zero-order valence-corrected chi connectivity index (χ0v) is 12.1. The minimum Gasteiger partial charge on any atom is -0.497 e. The number of rotatable bonds is 5. The second kappa shape index (κ2) is 6.02. The van der Waals surface area contributed by atoms with Gasteiger partial charge in [-0.3, -0.25) is 4.79 Å². The van der Waals surface area contributed by atoms with Crippen LogP contribution in [0.5, 0.6) is 5.75 Å². The Bertz CT molecular complexity index is 459. The van der Waals surface area contributed by atoms with Gasteiger partial charge in [-0.15, -0.1) is 0 Å². The maximum absolute atomic E-state index is 13.8. The molecule has 0 atom stereocenters. The van der Waals surface area contributed by atoms with E-state index >= 15 is 0 Å². The van der Waals surface area contributed by atoms with Crippen molar-refractivity contribution >= 4 is 5.91 Å². The molecule has 0 aliphatic rings. The van der Waals surface area contributed by atoms with Gasteiger partial charge < -0.3 is 15.0 Å². The summed E-state index contributed by atoms with van der Waals surface area (Å²) in [5, 5.41) is 2.82. The van der Waals surface area contributed by atoms with Crippen LogP contribution in [0.4, 0.5) is 4.39 Å². The molecule has 0 saturated carbocycles. The predicted octanol–water partition coefficient (Wildman–Crippen LogP) is 1.90. The van der Waals surface area contributed by atoms with Gasteiger partial charge in [0.25, 0.3) is 5.91 Å². The number of methoxy groups -OCH3 is 1. The lowest BCUT2D eigenvalue weighted by atomic mass is 10.0. The van der Waals surface area contributed by atoms with Crippen LogP contribution in [-0.4, -0.2) is 44.1 Å². The summed E-state index contributed by atoms with van der Waals surface area (Å²) < 4.78 is 18.7. The maximum Gasteiger partial charge on any atom is 0.254 e. The highest BCUT2D eigenvalue weighted by Crippen LogP contribution is 2.17. The Morgan fingerprint density at radius 1 is 1.42 bits per heavy atom. The van der Waals surface area contributed by atoms with Gasteiger partial charge in [0.1, 0.15) is 11.6 Å². The Labute approximate surface area is 113 Å². The standard InChI is InChI=1S/C14H21FN2O2/c1-14(2,9-17(3)4)16-13(18)11-7-6-10(19-5)8-12(11)15/h6-8H,9H2,1-5H3,(H,16,18). The van der Waals surface area contributed by atoms with Gasteiger partial charge in [-0.2, -0.15) is 0 Å². The topological polar surface area (TPSA) is 41.6 Å². The number of halogens is 1. The SMILES string of the molecule is COc1ccc(C(=O)NC(C)(C)CN(C)C)c(F)c1. The van der Waals surface area contributed by atoms with Crippen LogP contribution >= 0.6 is 0 Å². The van der Waals surface area contributed by atoms with Crippen LogP contribution in [0.3, 0.4) is 0 Å². The van der Waals surface area contributed by atoms with Gasteiger partial charge in [-0.25, -0.2) is 4.39 Å². The van der Waals surface area contributed by atoms with E-state index in [0.717, 1.165) is 0 Å². The minimum absolute atomic E-state index is 0.0210. The van der Waals surface area contributed by atoms with E-state index in [-0.39, 0.29) is 5.56 Å². The number of hydrogen-bond donors (Lipinski definition) is 1. The van der Waals surface area contributed by atoms with Crippen LogP contribution in [0.1, 0.15) is 24.2 Å². The van der Waals surface area contributed by atoms with Crippen LogP contribution in [0.25, 0.3) is 0 Å². The molecule has 0 spiro atoms. The Morgan fingerprint density at radius 2 is 2.05 bits per heavy atom. The molecule has 0 fully saturated rings. The summed E-state index contributed by atoms with van der Waals surface area (Å²) in [6, 6.07) is 4.19. The lowest BCUT2D eigenvalue weighted by Crippen LogP contribution is -2.50. The molecule has 4 nitrogen and oxygen atoms in total. The second-order valence-corrected chi connectivity index (χ2v) is 5.42. The summed E-state index contributed by atoms with van der Waals surface area (Å²) in [6.07, 6.45) is 0. The van der Waals surface area contributed by atoms with E-state index in [4.69, 9.17) is 4.74 Å². The lowest BCUT2D eigenvalue weighted by molar-refractivity contribution is 0.0895. The van der Waals surface area contributed by atoms with Gasteiger partial charge in [-0.1, -0.05) is 0 Å². The number of ether oxygens (including phenoxy) is 1. The zero-order chi connectivity index (χ0) is 14.6. The van der Waals surface area contributed by atoms with E-state index in [9.17, 15) is 9.18 Å². The first kappa shape index (κ1) is 15.4. The highest BCUT2D eigenvalue weighted by atomic mass is 19.1. The number of carbonyl (C=O) groups is 1. The third-order valence-electron chi connectivity index (χ3n) is 2.58. The van der Waals surface area contributed by atoms with Crippen molar-refractivity contribution in [2.45, 2.75) is 19.4 Å². The van der Waals surface area contributed by atoms with Gasteiger partial charge in [-0.05, 0) is 40.1 Å². The molecule has 5 heteroatoms. The number of nitrogens with zero attached hydrogens (tertiary/aromatic N) is 1. The van der Waals surface area contributed by atoms with E-state index in [1.807, 2.05) is 32.8 Å². The molecule has 0 aliphatic carbocycles. The summed E-state index contributed by atoms with van der Waals surface area (Å²) in [4.78, 5) is 14.0. The van der Waals surface area contributed by atoms with Gasteiger partial charge in [0.15, 0.2) is 0 Å². The minimum atomic E-state index is -0.586. The van der Waals surface area contributed by atoms with Crippen LogP contribution < -0.4 is 10.1 Å². The molecule has 1 N–H and O–H groups in total. The average Bonchev–Trinajstić information content (AvgIpc) is 2.25. The van der Waals surface area contributed by atoms with E-state index in [1.165, 1.54) is 19.2 Å². The van der Waals surface area contributed by atoms with Crippen molar-refractivity contribution in [3.63, 3.8) is 0 Å². The van der Waals surface area contributed by atoms with E-state index in [2.05, 4.69) is 5.32 Å². The third kappa shape index (κ3) is 4.52. The highest BCUT2D eigenvalue weighted by molar-refractivity contribution is 5.95. The number of hydrogen-bond acceptors (Lipinski definition) is 3. The molecule has 19 heavy (non-hydrogen) atoms. The molecule has 0 aromatic heterocycles. The first-order valence-corrected chi connectivity index (χ1v) is 6.06. The molecule has 0 bridgehead atoms. The number of carbonyl (C=O) groups excluding carboxylic acids is 1. The smallest absolute Gasteiger partial charge is 0.254 e. The summed E-state index contributed by atoms with van der Waals surface area (Å²) in [5.74, 6) is -0.619. The Balaban J connectivity index is 2.84. The first-order chi connectivity index (χ1) is 8.75. The molecule has 1 rings (SSSR count). The summed E-state index contributed by atoms with van der Waals surface area (Å²) >= 11 is 0. The highest BCUT2D eigenvalue weighted by Gasteiger charge is 2.23. The molecule has 0 heterocycles. The van der Waals surface area contributed by atoms with Crippen molar-refractivity contribution in [1.29, 1.82) is 0 Å². The van der Waals surface area contributed by atoms with Crippen molar-refractivity contribution in [3.8, 4) is 5.75 Å². The van der Waals surface area contributed by atoms with Crippen molar-refractivity contribution < 1.29 is 13.9 Å². The summed E-state index contributed by atoms with van der Waals surface area (Å²) in [7, 11) is 5.29. The largest absolute Gasteiger partial charge is 0.497 e. The van der Waals surface area contributed by atoms with Crippen molar-refractivity contribution in [3.05, 3.63) is 29.6 Å².